The highest BCUT2D eigenvalue weighted by molar-refractivity contribution is 5.72. The standard InChI is InChI=1S/C27H36N4O5/c1-19-11-13-20(14-12-19)18-31-23-24(28-26(31)36-21-8-3-4-9-21)29(2)27(33)30(25(23)32)15-7-17-35-22-10-5-6-16-34-22/h11-14,21-22H,3-10,15-18H2,1-2H3. The van der Waals surface area contributed by atoms with E-state index in [1.807, 2.05) is 23.6 Å². The minimum atomic E-state index is -0.381. The number of nitrogens with zero attached hydrogens (tertiary/aromatic N) is 4. The number of aryl methyl sites for hydroxylation is 2. The molecule has 1 aliphatic carbocycles. The lowest BCUT2D eigenvalue weighted by Gasteiger charge is -2.22. The van der Waals surface area contributed by atoms with Gasteiger partial charge in [0, 0.05) is 20.2 Å². The fraction of sp³-hybridized carbons (Fsp3) is 0.593. The Labute approximate surface area is 210 Å². The van der Waals surface area contributed by atoms with E-state index in [4.69, 9.17) is 14.2 Å². The average Bonchev–Trinajstić information content (AvgIpc) is 3.53. The summed E-state index contributed by atoms with van der Waals surface area (Å²) >= 11 is 0. The molecule has 194 valence electrons. The van der Waals surface area contributed by atoms with Gasteiger partial charge in [0.15, 0.2) is 17.5 Å². The second kappa shape index (κ2) is 11.0. The molecule has 3 heterocycles. The first kappa shape index (κ1) is 24.8. The molecule has 1 atom stereocenters. The molecular formula is C27H36N4O5. The molecule has 2 aliphatic rings. The SMILES string of the molecule is Cc1ccc(Cn2c(OC3CCCC3)nc3c2c(=O)n(CCCOC2CCCCO2)c(=O)n3C)cc1. The second-order valence-corrected chi connectivity index (χ2v) is 9.98. The van der Waals surface area contributed by atoms with Gasteiger partial charge in [-0.05, 0) is 63.9 Å². The molecular weight excluding hydrogens is 460 g/mol. The van der Waals surface area contributed by atoms with E-state index >= 15 is 0 Å². The van der Waals surface area contributed by atoms with Crippen LogP contribution in [0.4, 0.5) is 0 Å². The quantitative estimate of drug-likeness (QED) is 0.421. The molecule has 1 unspecified atom stereocenters. The molecule has 2 aromatic heterocycles. The smallest absolute Gasteiger partial charge is 0.332 e. The van der Waals surface area contributed by atoms with Crippen molar-refractivity contribution in [1.82, 2.24) is 18.7 Å². The van der Waals surface area contributed by atoms with Gasteiger partial charge < -0.3 is 14.2 Å². The maximum atomic E-state index is 13.7. The van der Waals surface area contributed by atoms with E-state index in [1.165, 1.54) is 14.7 Å². The summed E-state index contributed by atoms with van der Waals surface area (Å²) < 4.78 is 22.3. The monoisotopic (exact) mass is 496 g/mol. The van der Waals surface area contributed by atoms with Crippen molar-refractivity contribution in [3.05, 3.63) is 56.2 Å². The lowest BCUT2D eigenvalue weighted by molar-refractivity contribution is -0.163. The van der Waals surface area contributed by atoms with Crippen molar-refractivity contribution in [3.8, 4) is 6.01 Å². The Hall–Kier alpha value is -2.91. The second-order valence-electron chi connectivity index (χ2n) is 9.98. The van der Waals surface area contributed by atoms with Gasteiger partial charge >= 0.3 is 5.69 Å². The van der Waals surface area contributed by atoms with Gasteiger partial charge in [-0.25, -0.2) is 4.79 Å². The topological polar surface area (TPSA) is 89.5 Å². The van der Waals surface area contributed by atoms with Crippen molar-refractivity contribution in [1.29, 1.82) is 0 Å². The predicted octanol–water partition coefficient (Wildman–Crippen LogP) is 3.51. The zero-order chi connectivity index (χ0) is 25.1. The number of rotatable bonds is 9. The lowest BCUT2D eigenvalue weighted by atomic mass is 10.1. The summed E-state index contributed by atoms with van der Waals surface area (Å²) in [5, 5.41) is 0. The Bertz CT molecular complexity index is 1290. The van der Waals surface area contributed by atoms with Crippen LogP contribution in [-0.2, 0) is 29.6 Å². The van der Waals surface area contributed by atoms with Crippen molar-refractivity contribution in [3.63, 3.8) is 0 Å². The first-order chi connectivity index (χ1) is 17.5. The van der Waals surface area contributed by atoms with Gasteiger partial charge in [0.25, 0.3) is 11.6 Å². The zero-order valence-corrected chi connectivity index (χ0v) is 21.3. The largest absolute Gasteiger partial charge is 0.461 e. The summed E-state index contributed by atoms with van der Waals surface area (Å²) in [5.74, 6) is 0. The van der Waals surface area contributed by atoms with Gasteiger partial charge in [-0.1, -0.05) is 29.8 Å². The first-order valence-electron chi connectivity index (χ1n) is 13.2. The van der Waals surface area contributed by atoms with Crippen LogP contribution in [0, 0.1) is 6.92 Å². The minimum Gasteiger partial charge on any atom is -0.461 e. The van der Waals surface area contributed by atoms with Crippen LogP contribution in [0.2, 0.25) is 0 Å². The third kappa shape index (κ3) is 5.27. The molecule has 5 rings (SSSR count). The highest BCUT2D eigenvalue weighted by Gasteiger charge is 2.25. The van der Waals surface area contributed by atoms with Crippen LogP contribution >= 0.6 is 0 Å². The zero-order valence-electron chi connectivity index (χ0n) is 21.3. The summed E-state index contributed by atoms with van der Waals surface area (Å²) in [6.45, 7) is 3.90. The summed E-state index contributed by atoms with van der Waals surface area (Å²) in [6.07, 6.45) is 7.68. The number of imidazole rings is 1. The molecule has 0 N–H and O–H groups in total. The molecule has 1 aliphatic heterocycles. The van der Waals surface area contributed by atoms with Gasteiger partial charge in [-0.2, -0.15) is 4.98 Å². The van der Waals surface area contributed by atoms with Gasteiger partial charge in [0.2, 0.25) is 0 Å². The van der Waals surface area contributed by atoms with E-state index in [2.05, 4.69) is 17.1 Å². The molecule has 1 saturated heterocycles. The summed E-state index contributed by atoms with van der Waals surface area (Å²) in [6, 6.07) is 8.60. The van der Waals surface area contributed by atoms with E-state index in [0.29, 0.717) is 36.7 Å². The molecule has 1 aromatic carbocycles. The van der Waals surface area contributed by atoms with E-state index in [1.54, 1.807) is 7.05 Å². The number of aromatic nitrogens is 4. The van der Waals surface area contributed by atoms with Crippen LogP contribution < -0.4 is 16.0 Å². The van der Waals surface area contributed by atoms with Crippen LogP contribution in [0.5, 0.6) is 6.01 Å². The summed E-state index contributed by atoms with van der Waals surface area (Å²) in [4.78, 5) is 31.5. The maximum absolute atomic E-state index is 13.7. The van der Waals surface area contributed by atoms with E-state index in [-0.39, 0.29) is 30.2 Å². The van der Waals surface area contributed by atoms with Crippen LogP contribution in [0.3, 0.4) is 0 Å². The van der Waals surface area contributed by atoms with Gasteiger partial charge in [0.1, 0.15) is 6.10 Å². The van der Waals surface area contributed by atoms with Crippen LogP contribution in [0.15, 0.2) is 33.9 Å². The number of benzene rings is 1. The van der Waals surface area contributed by atoms with E-state index in [9.17, 15) is 9.59 Å². The fourth-order valence-corrected chi connectivity index (χ4v) is 5.10. The number of fused-ring (bicyclic) bond motifs is 1. The Balaban J connectivity index is 1.46. The Morgan fingerprint density at radius 2 is 1.78 bits per heavy atom. The Kier molecular flexibility index (Phi) is 7.57. The van der Waals surface area contributed by atoms with Crippen LogP contribution in [0.1, 0.15) is 62.5 Å². The number of hydrogen-bond donors (Lipinski definition) is 0. The predicted molar refractivity (Wildman–Crippen MR) is 137 cm³/mol. The van der Waals surface area contributed by atoms with Crippen molar-refractivity contribution in [2.45, 2.75) is 83.8 Å². The number of ether oxygens (including phenoxy) is 3. The van der Waals surface area contributed by atoms with Gasteiger partial charge in [0.05, 0.1) is 13.2 Å². The van der Waals surface area contributed by atoms with Crippen LogP contribution in [0.25, 0.3) is 11.2 Å². The van der Waals surface area contributed by atoms with Crippen molar-refractivity contribution in [2.24, 2.45) is 7.05 Å². The molecule has 9 nitrogen and oxygen atoms in total. The van der Waals surface area contributed by atoms with Crippen LogP contribution in [-0.4, -0.2) is 44.3 Å². The molecule has 36 heavy (non-hydrogen) atoms. The Morgan fingerprint density at radius 3 is 2.50 bits per heavy atom. The van der Waals surface area contributed by atoms with Crippen molar-refractivity contribution < 1.29 is 14.2 Å². The maximum Gasteiger partial charge on any atom is 0.332 e. The first-order valence-corrected chi connectivity index (χ1v) is 13.2. The highest BCUT2D eigenvalue weighted by Crippen LogP contribution is 2.26. The molecule has 0 spiro atoms. The number of hydrogen-bond acceptors (Lipinski definition) is 6. The molecule has 0 amide bonds. The normalized spacial score (nSPS) is 18.8. The highest BCUT2D eigenvalue weighted by atomic mass is 16.7. The van der Waals surface area contributed by atoms with Crippen molar-refractivity contribution in [2.75, 3.05) is 13.2 Å². The molecule has 2 fully saturated rings. The lowest BCUT2D eigenvalue weighted by Crippen LogP contribution is -2.40. The molecule has 9 heteroatoms. The fourth-order valence-electron chi connectivity index (χ4n) is 5.10. The summed E-state index contributed by atoms with van der Waals surface area (Å²) in [7, 11) is 1.66. The van der Waals surface area contributed by atoms with Gasteiger partial charge in [-0.3, -0.25) is 18.5 Å². The third-order valence-electron chi connectivity index (χ3n) is 7.20. The Morgan fingerprint density at radius 1 is 1.03 bits per heavy atom. The van der Waals surface area contributed by atoms with Crippen molar-refractivity contribution >= 4 is 11.2 Å². The van der Waals surface area contributed by atoms with E-state index in [0.717, 1.165) is 57.1 Å². The van der Waals surface area contributed by atoms with E-state index < -0.39 is 0 Å². The molecule has 0 bridgehead atoms. The van der Waals surface area contributed by atoms with Gasteiger partial charge in [-0.15, -0.1) is 0 Å². The minimum absolute atomic E-state index is 0.0805. The molecule has 0 radical (unpaired) electrons. The molecule has 1 saturated carbocycles. The summed E-state index contributed by atoms with van der Waals surface area (Å²) in [5.41, 5.74) is 2.23. The average molecular weight is 497 g/mol. The molecule has 3 aromatic rings. The third-order valence-corrected chi connectivity index (χ3v) is 7.20.